The van der Waals surface area contributed by atoms with Gasteiger partial charge < -0.3 is 4.42 Å². The van der Waals surface area contributed by atoms with E-state index in [4.69, 9.17) is 4.42 Å². The van der Waals surface area contributed by atoms with Gasteiger partial charge in [0.15, 0.2) is 12.2 Å². The number of nitrogens with zero attached hydrogens (tertiary/aromatic N) is 2. The van der Waals surface area contributed by atoms with Gasteiger partial charge in [-0.1, -0.05) is 0 Å². The van der Waals surface area contributed by atoms with Crippen LogP contribution in [0.1, 0.15) is 10.4 Å². The first kappa shape index (κ1) is 12.9. The lowest BCUT2D eigenvalue weighted by Crippen LogP contribution is -2.29. The lowest BCUT2D eigenvalue weighted by atomic mass is 10.2. The Morgan fingerprint density at radius 3 is 2.43 bits per heavy atom. The molecule has 0 fully saturated rings. The number of rotatable bonds is 4. The van der Waals surface area contributed by atoms with Crippen molar-refractivity contribution in [1.82, 2.24) is 15.4 Å². The first-order valence-electron chi connectivity index (χ1n) is 6.28. The largest absolute Gasteiger partial charge is 0.444 e. The van der Waals surface area contributed by atoms with Crippen LogP contribution in [0.4, 0.5) is 5.69 Å². The maximum atomic E-state index is 11.8. The summed E-state index contributed by atoms with van der Waals surface area (Å²) in [6.07, 6.45) is 6.17. The summed E-state index contributed by atoms with van der Waals surface area (Å²) in [6.45, 7) is 0. The summed E-state index contributed by atoms with van der Waals surface area (Å²) < 4.78 is 5.21. The molecule has 1 aromatic carbocycles. The second-order valence-electron chi connectivity index (χ2n) is 4.26. The average Bonchev–Trinajstić information content (AvgIpc) is 3.08. The van der Waals surface area contributed by atoms with E-state index in [0.29, 0.717) is 11.3 Å². The zero-order valence-corrected chi connectivity index (χ0v) is 11.0. The van der Waals surface area contributed by atoms with E-state index in [9.17, 15) is 4.79 Å². The van der Waals surface area contributed by atoms with Crippen molar-refractivity contribution in [1.29, 1.82) is 0 Å². The van der Waals surface area contributed by atoms with E-state index in [0.717, 1.165) is 11.3 Å². The highest BCUT2D eigenvalue weighted by Crippen LogP contribution is 2.20. The molecular weight excluding hydrogens is 268 g/mol. The molecule has 2 heterocycles. The Morgan fingerprint density at radius 2 is 1.76 bits per heavy atom. The van der Waals surface area contributed by atoms with Gasteiger partial charge in [-0.3, -0.25) is 20.6 Å². The van der Waals surface area contributed by atoms with E-state index >= 15 is 0 Å². The maximum absolute atomic E-state index is 11.8. The van der Waals surface area contributed by atoms with E-state index in [-0.39, 0.29) is 5.91 Å². The van der Waals surface area contributed by atoms with Gasteiger partial charge in [0.2, 0.25) is 0 Å². The molecule has 0 radical (unpaired) electrons. The van der Waals surface area contributed by atoms with Crippen LogP contribution in [0.25, 0.3) is 11.3 Å². The van der Waals surface area contributed by atoms with E-state index in [1.165, 1.54) is 6.39 Å². The number of oxazole rings is 1. The summed E-state index contributed by atoms with van der Waals surface area (Å²) >= 11 is 0. The van der Waals surface area contributed by atoms with Crippen LogP contribution in [0.3, 0.4) is 0 Å². The van der Waals surface area contributed by atoms with Crippen molar-refractivity contribution in [2.24, 2.45) is 0 Å². The number of amides is 1. The Bertz CT molecular complexity index is 709. The molecule has 2 aromatic heterocycles. The van der Waals surface area contributed by atoms with Crippen molar-refractivity contribution in [3.63, 3.8) is 0 Å². The number of nitrogens with one attached hydrogen (secondary N) is 2. The first-order chi connectivity index (χ1) is 10.3. The monoisotopic (exact) mass is 280 g/mol. The Balaban J connectivity index is 1.62. The molecule has 0 saturated heterocycles. The van der Waals surface area contributed by atoms with Crippen molar-refractivity contribution < 1.29 is 9.21 Å². The Morgan fingerprint density at radius 1 is 1.00 bits per heavy atom. The molecule has 21 heavy (non-hydrogen) atoms. The van der Waals surface area contributed by atoms with Crippen LogP contribution in [-0.4, -0.2) is 15.9 Å². The molecule has 104 valence electrons. The molecular formula is C15H12N4O2. The third-order valence-corrected chi connectivity index (χ3v) is 2.86. The fourth-order valence-corrected chi connectivity index (χ4v) is 1.78. The van der Waals surface area contributed by atoms with Crippen LogP contribution in [-0.2, 0) is 0 Å². The Labute approximate surface area is 120 Å². The van der Waals surface area contributed by atoms with Gasteiger partial charge in [-0.2, -0.15) is 0 Å². The highest BCUT2D eigenvalue weighted by molar-refractivity contribution is 5.94. The molecule has 0 unspecified atom stereocenters. The number of hydrogen-bond acceptors (Lipinski definition) is 5. The van der Waals surface area contributed by atoms with E-state index in [2.05, 4.69) is 20.8 Å². The van der Waals surface area contributed by atoms with Crippen LogP contribution in [0.15, 0.2) is 65.8 Å². The van der Waals surface area contributed by atoms with Crippen LogP contribution >= 0.6 is 0 Å². The minimum atomic E-state index is -0.225. The van der Waals surface area contributed by atoms with Crippen molar-refractivity contribution >= 4 is 11.6 Å². The quantitative estimate of drug-likeness (QED) is 0.718. The summed E-state index contributed by atoms with van der Waals surface area (Å²) in [4.78, 5) is 19.6. The van der Waals surface area contributed by atoms with Crippen molar-refractivity contribution in [3.05, 3.63) is 66.9 Å². The Kier molecular flexibility index (Phi) is 3.60. The predicted octanol–water partition coefficient (Wildman–Crippen LogP) is 2.49. The SMILES string of the molecule is O=C(NNc1ccc(-c2cnco2)cc1)c1ccncc1. The van der Waals surface area contributed by atoms with Gasteiger partial charge in [-0.25, -0.2) is 4.98 Å². The summed E-state index contributed by atoms with van der Waals surface area (Å²) in [5, 5.41) is 0. The fourth-order valence-electron chi connectivity index (χ4n) is 1.78. The molecule has 0 bridgehead atoms. The molecule has 3 rings (SSSR count). The number of aromatic nitrogens is 2. The summed E-state index contributed by atoms with van der Waals surface area (Å²) in [7, 11) is 0. The zero-order valence-electron chi connectivity index (χ0n) is 11.0. The summed E-state index contributed by atoms with van der Waals surface area (Å²) in [5.41, 5.74) is 7.68. The minimum Gasteiger partial charge on any atom is -0.444 e. The third-order valence-electron chi connectivity index (χ3n) is 2.86. The lowest BCUT2D eigenvalue weighted by molar-refractivity contribution is 0.0962. The first-order valence-corrected chi connectivity index (χ1v) is 6.28. The Hall–Kier alpha value is -3.15. The average molecular weight is 280 g/mol. The second-order valence-corrected chi connectivity index (χ2v) is 4.26. The van der Waals surface area contributed by atoms with Crippen LogP contribution < -0.4 is 10.9 Å². The highest BCUT2D eigenvalue weighted by Gasteiger charge is 2.04. The van der Waals surface area contributed by atoms with Gasteiger partial charge >= 0.3 is 0 Å². The topological polar surface area (TPSA) is 80.0 Å². The van der Waals surface area contributed by atoms with Gasteiger partial charge in [-0.15, -0.1) is 0 Å². The van der Waals surface area contributed by atoms with Crippen LogP contribution in [0.5, 0.6) is 0 Å². The molecule has 0 aliphatic carbocycles. The van der Waals surface area contributed by atoms with Gasteiger partial charge in [0.05, 0.1) is 11.9 Å². The second kappa shape index (κ2) is 5.87. The lowest BCUT2D eigenvalue weighted by Gasteiger charge is -2.08. The zero-order chi connectivity index (χ0) is 14.5. The smallest absolute Gasteiger partial charge is 0.269 e. The molecule has 3 aromatic rings. The number of hydrazine groups is 1. The summed E-state index contributed by atoms with van der Waals surface area (Å²) in [6, 6.07) is 10.7. The predicted molar refractivity (Wildman–Crippen MR) is 77.3 cm³/mol. The van der Waals surface area contributed by atoms with Crippen LogP contribution in [0.2, 0.25) is 0 Å². The molecule has 0 aliphatic heterocycles. The van der Waals surface area contributed by atoms with Gasteiger partial charge in [0.25, 0.3) is 5.91 Å². The van der Waals surface area contributed by atoms with Crippen molar-refractivity contribution in [2.75, 3.05) is 5.43 Å². The minimum absolute atomic E-state index is 0.225. The van der Waals surface area contributed by atoms with Gasteiger partial charge in [0.1, 0.15) is 0 Å². The number of benzene rings is 1. The maximum Gasteiger partial charge on any atom is 0.269 e. The number of carbonyl (C=O) groups is 1. The van der Waals surface area contributed by atoms with Crippen molar-refractivity contribution in [3.8, 4) is 11.3 Å². The number of pyridine rings is 1. The molecule has 0 spiro atoms. The number of anilines is 1. The van der Waals surface area contributed by atoms with E-state index < -0.39 is 0 Å². The molecule has 0 saturated carbocycles. The number of hydrogen-bond donors (Lipinski definition) is 2. The molecule has 0 aliphatic rings. The van der Waals surface area contributed by atoms with Gasteiger partial charge in [0, 0.05) is 23.5 Å². The molecule has 1 amide bonds. The fraction of sp³-hybridized carbons (Fsp3) is 0. The molecule has 6 nitrogen and oxygen atoms in total. The standard InChI is InChI=1S/C15H12N4O2/c20-15(12-5-7-16-8-6-12)19-18-13-3-1-11(2-4-13)14-9-17-10-21-14/h1-10,18H,(H,19,20). The van der Waals surface area contributed by atoms with E-state index in [1.807, 2.05) is 24.3 Å². The highest BCUT2D eigenvalue weighted by atomic mass is 16.3. The van der Waals surface area contributed by atoms with Crippen LogP contribution in [0, 0.1) is 0 Å². The third kappa shape index (κ3) is 3.06. The summed E-state index contributed by atoms with van der Waals surface area (Å²) in [5.74, 6) is 0.471. The van der Waals surface area contributed by atoms with Gasteiger partial charge in [-0.05, 0) is 36.4 Å². The van der Waals surface area contributed by atoms with Crippen molar-refractivity contribution in [2.45, 2.75) is 0 Å². The normalized spacial score (nSPS) is 10.1. The van der Waals surface area contributed by atoms with E-state index in [1.54, 1.807) is 30.7 Å². The molecule has 6 heteroatoms. The molecule has 0 atom stereocenters. The molecule has 2 N–H and O–H groups in total. The number of carbonyl (C=O) groups excluding carboxylic acids is 1.